The lowest BCUT2D eigenvalue weighted by atomic mass is 10.1. The summed E-state index contributed by atoms with van der Waals surface area (Å²) in [6, 6.07) is 33.8. The molecular weight excluding hydrogens is 1730 g/mol. The number of phenols is 4. The minimum absolute atomic E-state index is 0.00515. The van der Waals surface area contributed by atoms with E-state index in [4.69, 9.17) is 25.1 Å². The predicted octanol–water partition coefficient (Wildman–Crippen LogP) is 10.9. The Balaban J connectivity index is 0.000000219. The van der Waals surface area contributed by atoms with E-state index in [0.29, 0.717) is 41.6 Å². The lowest BCUT2D eigenvalue weighted by molar-refractivity contribution is -0.119. The van der Waals surface area contributed by atoms with Crippen molar-refractivity contribution in [1.82, 2.24) is 9.44 Å². The van der Waals surface area contributed by atoms with Crippen LogP contribution in [0.4, 0.5) is 0 Å². The molecule has 0 aliphatic heterocycles. The van der Waals surface area contributed by atoms with Gasteiger partial charge in [-0.15, -0.1) is 0 Å². The van der Waals surface area contributed by atoms with Gasteiger partial charge in [0.05, 0.1) is 45.8 Å². The van der Waals surface area contributed by atoms with Crippen LogP contribution in [0.5, 0.6) is 57.5 Å². The van der Waals surface area contributed by atoms with E-state index in [1.54, 1.807) is 54.6 Å². The molecule has 0 heterocycles. The molecule has 0 aliphatic rings. The quantitative estimate of drug-likeness (QED) is 0.0340. The van der Waals surface area contributed by atoms with Gasteiger partial charge in [-0.25, -0.2) is 21.6 Å². The number of phenolic OH excluding ortho intramolecular Hbond substituents is 4. The summed E-state index contributed by atoms with van der Waals surface area (Å²) in [7, 11) is -7.38. The topological polar surface area (TPSA) is 284 Å². The van der Waals surface area contributed by atoms with E-state index in [9.17, 15) is 47.2 Å². The maximum Gasteiger partial charge on any atom is 0.240 e. The summed E-state index contributed by atoms with van der Waals surface area (Å²) in [5.41, 5.74) is 9.38. The molecule has 0 aliphatic carbocycles. The van der Waals surface area contributed by atoms with Crippen LogP contribution in [0.3, 0.4) is 0 Å². The first-order valence-electron chi connectivity index (χ1n) is 22.9. The summed E-state index contributed by atoms with van der Waals surface area (Å²) in [4.78, 5) is 11.6. The van der Waals surface area contributed by atoms with Crippen molar-refractivity contribution in [2.75, 3.05) is 19.5 Å². The summed E-state index contributed by atoms with van der Waals surface area (Å²) in [5, 5.41) is 56.4. The fourth-order valence-corrected chi connectivity index (χ4v) is 14.9. The second-order valence-electron chi connectivity index (χ2n) is 17.1. The van der Waals surface area contributed by atoms with Crippen LogP contribution in [0, 0.1) is 28.3 Å². The predicted molar refractivity (Wildman–Crippen MR) is 348 cm³/mol. The lowest BCUT2D eigenvalue weighted by Crippen LogP contribution is -2.39. The van der Waals surface area contributed by atoms with E-state index in [2.05, 4.69) is 140 Å². The van der Waals surface area contributed by atoms with Gasteiger partial charge in [0.2, 0.25) is 26.0 Å². The highest BCUT2D eigenvalue weighted by atomic mass is 127. The van der Waals surface area contributed by atoms with Crippen molar-refractivity contribution >= 4 is 161 Å². The number of aliphatic hydroxyl groups is 2. The number of carbonyl (C=O) groups excluding carboxylic acids is 1. The van der Waals surface area contributed by atoms with Crippen LogP contribution in [0.2, 0.25) is 0 Å². The molecule has 7 aromatic carbocycles. The maximum atomic E-state index is 12.6. The van der Waals surface area contributed by atoms with Crippen molar-refractivity contribution in [1.29, 1.82) is 0 Å². The van der Waals surface area contributed by atoms with Crippen LogP contribution in [-0.2, 0) is 44.1 Å². The fourth-order valence-electron chi connectivity index (χ4n) is 6.81. The SMILES string of the molecule is CS(=O)(=O)NC(=O)CCc1cc(I)c(Oc2ccc(O)cc2)c(I)c1.Cc1cc(Oc2c(I)cc(C[C@H](N)CO)cc2I)ccc1O.O=S(=O)(N[C@H](CO)Cc1cc(I)c(Oc2ccc(O)cc2)c(I)c1)c1ccc(O)cc1. The lowest BCUT2D eigenvalue weighted by Gasteiger charge is -2.18. The number of benzene rings is 7. The van der Waals surface area contributed by atoms with Gasteiger partial charge in [-0.3, -0.25) is 9.52 Å². The molecule has 25 heteroatoms. The van der Waals surface area contributed by atoms with Crippen molar-refractivity contribution in [3.63, 3.8) is 0 Å². The first-order valence-corrected chi connectivity index (χ1v) is 32.7. The molecule has 0 aromatic heterocycles. The van der Waals surface area contributed by atoms with Crippen molar-refractivity contribution in [3.05, 3.63) is 171 Å². The molecule has 0 fully saturated rings. The number of aromatic hydroxyl groups is 4. The van der Waals surface area contributed by atoms with Crippen LogP contribution in [-0.4, -0.2) is 84.9 Å². The van der Waals surface area contributed by atoms with Crippen molar-refractivity contribution < 1.29 is 66.5 Å². The smallest absolute Gasteiger partial charge is 0.240 e. The average molecular weight is 1780 g/mol. The van der Waals surface area contributed by atoms with Gasteiger partial charge in [-0.05, 0) is 311 Å². The molecule has 10 N–H and O–H groups in total. The van der Waals surface area contributed by atoms with Crippen LogP contribution in [0.1, 0.15) is 28.7 Å². The van der Waals surface area contributed by atoms with Crippen molar-refractivity contribution in [3.8, 4) is 57.5 Å². The van der Waals surface area contributed by atoms with Gasteiger partial charge in [-0.2, -0.15) is 0 Å². The molecule has 0 saturated heterocycles. The first kappa shape index (κ1) is 65.5. The summed E-state index contributed by atoms with van der Waals surface area (Å²) >= 11 is 13.0. The second kappa shape index (κ2) is 30.7. The molecule has 0 saturated carbocycles. The number of rotatable bonds is 19. The van der Waals surface area contributed by atoms with E-state index in [-0.39, 0.29) is 60.0 Å². The van der Waals surface area contributed by atoms with Crippen LogP contribution >= 0.6 is 136 Å². The zero-order chi connectivity index (χ0) is 57.5. The minimum Gasteiger partial charge on any atom is -0.508 e. The second-order valence-corrected chi connectivity index (χ2v) is 27.5. The third-order valence-electron chi connectivity index (χ3n) is 10.5. The molecule has 2 atom stereocenters. The first-order chi connectivity index (χ1) is 36.7. The normalized spacial score (nSPS) is 12.0. The zero-order valence-corrected chi connectivity index (χ0v) is 55.7. The monoisotopic (exact) mass is 1780 g/mol. The number of amides is 1. The number of hydrogen-bond acceptors (Lipinski definition) is 15. The molecule has 0 unspecified atom stereocenters. The van der Waals surface area contributed by atoms with Crippen LogP contribution < -0.4 is 29.4 Å². The van der Waals surface area contributed by atoms with E-state index >= 15 is 0 Å². The van der Waals surface area contributed by atoms with Gasteiger partial charge in [0.1, 0.15) is 40.2 Å². The zero-order valence-electron chi connectivity index (χ0n) is 41.1. The highest BCUT2D eigenvalue weighted by Gasteiger charge is 2.22. The van der Waals surface area contributed by atoms with Crippen LogP contribution in [0.15, 0.2) is 132 Å². The highest BCUT2D eigenvalue weighted by molar-refractivity contribution is 14.1. The molecule has 0 spiro atoms. The molecule has 7 aromatic rings. The molecule has 0 bridgehead atoms. The van der Waals surface area contributed by atoms with Crippen molar-refractivity contribution in [2.24, 2.45) is 5.73 Å². The molecule has 17 nitrogen and oxygen atoms in total. The molecule has 0 radical (unpaired) electrons. The van der Waals surface area contributed by atoms with E-state index in [0.717, 1.165) is 55.7 Å². The number of carbonyl (C=O) groups is 1. The highest BCUT2D eigenvalue weighted by Crippen LogP contribution is 2.37. The Morgan fingerprint density at radius 1 is 0.551 bits per heavy atom. The molecule has 78 heavy (non-hydrogen) atoms. The Labute approximate surface area is 534 Å². The Morgan fingerprint density at radius 2 is 0.936 bits per heavy atom. The van der Waals surface area contributed by atoms with E-state index < -0.39 is 32.0 Å². The molecule has 416 valence electrons. The fraction of sp³-hybridized carbons (Fsp3) is 0.189. The number of hydrogen-bond donors (Lipinski definition) is 9. The number of sulfonamides is 2. The van der Waals surface area contributed by atoms with Gasteiger partial charge in [0.15, 0.2) is 17.2 Å². The maximum absolute atomic E-state index is 12.6. The van der Waals surface area contributed by atoms with E-state index in [1.807, 2.05) is 48.0 Å². The number of aryl methyl sites for hydroxylation is 2. The van der Waals surface area contributed by atoms with Gasteiger partial charge < -0.3 is 50.6 Å². The Morgan fingerprint density at radius 3 is 1.33 bits per heavy atom. The Kier molecular flexibility index (Phi) is 25.8. The average Bonchev–Trinajstić information content (AvgIpc) is 3.37. The van der Waals surface area contributed by atoms with Crippen LogP contribution in [0.25, 0.3) is 0 Å². The molecular formula is C53H51I6N3O14S2. The largest absolute Gasteiger partial charge is 0.508 e. The Bertz CT molecular complexity index is 3350. The summed E-state index contributed by atoms with van der Waals surface area (Å²) in [6.45, 7) is 1.42. The number of aliphatic hydroxyl groups excluding tert-OH is 2. The minimum atomic E-state index is -3.85. The van der Waals surface area contributed by atoms with Crippen molar-refractivity contribution in [2.45, 2.75) is 49.6 Å². The van der Waals surface area contributed by atoms with Gasteiger partial charge >= 0.3 is 0 Å². The third kappa shape index (κ3) is 21.2. The summed E-state index contributed by atoms with van der Waals surface area (Å²) in [5.74, 6) is 4.01. The Hall–Kier alpha value is -3.27. The molecule has 7 rings (SSSR count). The van der Waals surface area contributed by atoms with E-state index in [1.165, 1.54) is 36.4 Å². The number of nitrogens with two attached hydrogens (primary N) is 1. The third-order valence-corrected chi connectivity index (χ3v) is 17.5. The van der Waals surface area contributed by atoms with Gasteiger partial charge in [-0.1, -0.05) is 0 Å². The summed E-state index contributed by atoms with van der Waals surface area (Å²) in [6.07, 6.45) is 2.36. The standard InChI is InChI=1S/C21H19I2NO6S.C16H15I2NO5S.C16H17I2NO3/c22-19-10-13(11-20(23)21(19)30-17-5-1-15(26)2-6-17)9-14(12-25)24-31(28,29)18-7-3-16(27)4-8-18;1-25(22,23)19-15(21)7-2-10-8-13(17)16(14(18)9-10)24-12-5-3-11(20)4-6-12;1-9-4-12(2-3-15(9)21)22-16-13(17)6-10(7-14(16)18)5-11(19)8-20/h1-8,10-11,14,24-27H,9,12H2;3-6,8-9,20H,2,7H2,1H3,(H,19,21);2-4,6-7,11,20-21H,5,8,19H2,1H3/t14-;;11-/m0.0/s1. The van der Waals surface area contributed by atoms with Gasteiger partial charge in [0, 0.05) is 18.5 Å². The number of nitrogens with one attached hydrogen (secondary N) is 2. The molecule has 1 amide bonds. The van der Waals surface area contributed by atoms with Gasteiger partial charge in [0.25, 0.3) is 0 Å². The summed E-state index contributed by atoms with van der Waals surface area (Å²) < 4.78 is 74.8. The number of halogens is 6. The number of ether oxygens (including phenoxy) is 3.